The Bertz CT molecular complexity index is 318. The van der Waals surface area contributed by atoms with Crippen molar-refractivity contribution in [1.82, 2.24) is 10.3 Å². The topological polar surface area (TPSA) is 43.4 Å². The smallest absolute Gasteiger partial charge is 0.137 e. The van der Waals surface area contributed by atoms with Gasteiger partial charge in [-0.15, -0.1) is 0 Å². The summed E-state index contributed by atoms with van der Waals surface area (Å²) in [5.41, 5.74) is 1.09. The van der Waals surface area contributed by atoms with Gasteiger partial charge in [0.15, 0.2) is 0 Å². The maximum atomic E-state index is 5.56. The van der Waals surface area contributed by atoms with Crippen molar-refractivity contribution in [3.63, 3.8) is 0 Å². The highest BCUT2D eigenvalue weighted by Gasteiger charge is 2.10. The molecular weight excluding hydrogens is 216 g/mol. The lowest BCUT2D eigenvalue weighted by atomic mass is 10.1. The molecule has 0 spiro atoms. The second-order valence-corrected chi connectivity index (χ2v) is 3.80. The lowest BCUT2D eigenvalue weighted by Crippen LogP contribution is -2.22. The average Bonchev–Trinajstić information content (AvgIpc) is 2.38. The fourth-order valence-electron chi connectivity index (χ4n) is 1.51. The van der Waals surface area contributed by atoms with Crippen LogP contribution in [-0.2, 0) is 4.74 Å². The molecule has 4 heteroatoms. The number of nitrogens with zero attached hydrogens (tertiary/aromatic N) is 1. The van der Waals surface area contributed by atoms with Crippen molar-refractivity contribution < 1.29 is 9.47 Å². The highest BCUT2D eigenvalue weighted by molar-refractivity contribution is 5.26. The lowest BCUT2D eigenvalue weighted by Gasteiger charge is -2.16. The number of hydrogen-bond acceptors (Lipinski definition) is 4. The molecule has 17 heavy (non-hydrogen) atoms. The van der Waals surface area contributed by atoms with Gasteiger partial charge in [0, 0.05) is 12.8 Å². The van der Waals surface area contributed by atoms with Gasteiger partial charge in [-0.05, 0) is 32.0 Å². The van der Waals surface area contributed by atoms with Crippen LogP contribution in [0.3, 0.4) is 0 Å². The SMILES string of the molecule is CCCOc1cncc(C(COCC)NC)c1. The van der Waals surface area contributed by atoms with Crippen LogP contribution in [0.15, 0.2) is 18.5 Å². The minimum Gasteiger partial charge on any atom is -0.492 e. The van der Waals surface area contributed by atoms with Crippen LogP contribution in [0.4, 0.5) is 0 Å². The number of pyridine rings is 1. The van der Waals surface area contributed by atoms with Gasteiger partial charge in [0.1, 0.15) is 5.75 Å². The Morgan fingerprint density at radius 2 is 2.18 bits per heavy atom. The molecule has 1 aromatic heterocycles. The quantitative estimate of drug-likeness (QED) is 0.753. The van der Waals surface area contributed by atoms with Crippen LogP contribution in [0.5, 0.6) is 5.75 Å². The summed E-state index contributed by atoms with van der Waals surface area (Å²) in [6.07, 6.45) is 4.59. The molecule has 1 atom stereocenters. The van der Waals surface area contributed by atoms with E-state index in [0.29, 0.717) is 6.61 Å². The monoisotopic (exact) mass is 238 g/mol. The third-order valence-electron chi connectivity index (χ3n) is 2.45. The summed E-state index contributed by atoms with van der Waals surface area (Å²) in [4.78, 5) is 4.19. The molecule has 0 saturated carbocycles. The Morgan fingerprint density at radius 3 is 2.82 bits per heavy atom. The predicted octanol–water partition coefficient (Wildman–Crippen LogP) is 2.17. The fraction of sp³-hybridized carbons (Fsp3) is 0.615. The number of ether oxygens (including phenoxy) is 2. The van der Waals surface area contributed by atoms with Gasteiger partial charge in [-0.3, -0.25) is 4.98 Å². The molecular formula is C13H22N2O2. The van der Waals surface area contributed by atoms with Gasteiger partial charge < -0.3 is 14.8 Å². The number of rotatable bonds is 8. The van der Waals surface area contributed by atoms with Crippen molar-refractivity contribution >= 4 is 0 Å². The molecule has 1 heterocycles. The largest absolute Gasteiger partial charge is 0.492 e. The molecule has 1 N–H and O–H groups in total. The number of hydrogen-bond donors (Lipinski definition) is 1. The Morgan fingerprint density at radius 1 is 1.35 bits per heavy atom. The zero-order chi connectivity index (χ0) is 12.5. The van der Waals surface area contributed by atoms with Gasteiger partial charge in [-0.2, -0.15) is 0 Å². The maximum Gasteiger partial charge on any atom is 0.137 e. The van der Waals surface area contributed by atoms with E-state index in [-0.39, 0.29) is 6.04 Å². The van der Waals surface area contributed by atoms with Crippen LogP contribution in [0.25, 0.3) is 0 Å². The average molecular weight is 238 g/mol. The molecule has 0 aliphatic heterocycles. The van der Waals surface area contributed by atoms with E-state index >= 15 is 0 Å². The van der Waals surface area contributed by atoms with E-state index in [4.69, 9.17) is 9.47 Å². The first-order valence-corrected chi connectivity index (χ1v) is 6.14. The van der Waals surface area contributed by atoms with E-state index < -0.39 is 0 Å². The first kappa shape index (κ1) is 13.9. The number of aromatic nitrogens is 1. The van der Waals surface area contributed by atoms with E-state index in [9.17, 15) is 0 Å². The Balaban J connectivity index is 2.66. The highest BCUT2D eigenvalue weighted by Crippen LogP contribution is 2.18. The molecule has 0 fully saturated rings. The molecule has 4 nitrogen and oxygen atoms in total. The molecule has 96 valence electrons. The zero-order valence-electron chi connectivity index (χ0n) is 10.9. The summed E-state index contributed by atoms with van der Waals surface area (Å²) in [7, 11) is 1.92. The van der Waals surface area contributed by atoms with E-state index in [0.717, 1.165) is 30.9 Å². The van der Waals surface area contributed by atoms with Gasteiger partial charge in [0.05, 0.1) is 25.5 Å². The summed E-state index contributed by atoms with van der Waals surface area (Å²) in [6, 6.07) is 2.18. The Kier molecular flexibility index (Phi) is 6.58. The first-order valence-electron chi connectivity index (χ1n) is 6.14. The van der Waals surface area contributed by atoms with Crippen LogP contribution in [0, 0.1) is 0 Å². The number of likely N-dealkylation sites (N-methyl/N-ethyl adjacent to an activating group) is 1. The normalized spacial score (nSPS) is 12.4. The van der Waals surface area contributed by atoms with Gasteiger partial charge in [-0.25, -0.2) is 0 Å². The van der Waals surface area contributed by atoms with Crippen molar-refractivity contribution in [2.24, 2.45) is 0 Å². The first-order chi connectivity index (χ1) is 8.31. The summed E-state index contributed by atoms with van der Waals surface area (Å²) in [5.74, 6) is 0.820. The molecule has 0 aromatic carbocycles. The van der Waals surface area contributed by atoms with Crippen molar-refractivity contribution in [1.29, 1.82) is 0 Å². The predicted molar refractivity (Wildman–Crippen MR) is 68.3 cm³/mol. The fourth-order valence-corrected chi connectivity index (χ4v) is 1.51. The molecule has 1 aromatic rings. The summed E-state index contributed by atoms with van der Waals surface area (Å²) in [5, 5.41) is 3.22. The minimum absolute atomic E-state index is 0.160. The Labute approximate surface area is 103 Å². The second-order valence-electron chi connectivity index (χ2n) is 3.80. The minimum atomic E-state index is 0.160. The molecule has 1 rings (SSSR count). The van der Waals surface area contributed by atoms with Crippen LogP contribution in [-0.4, -0.2) is 31.9 Å². The zero-order valence-corrected chi connectivity index (χ0v) is 10.9. The van der Waals surface area contributed by atoms with E-state index in [1.54, 1.807) is 6.20 Å². The van der Waals surface area contributed by atoms with Crippen LogP contribution in [0.2, 0.25) is 0 Å². The highest BCUT2D eigenvalue weighted by atomic mass is 16.5. The summed E-state index contributed by atoms with van der Waals surface area (Å²) < 4.78 is 11.0. The van der Waals surface area contributed by atoms with Gasteiger partial charge in [-0.1, -0.05) is 6.92 Å². The Hall–Kier alpha value is -1.13. The molecule has 0 saturated heterocycles. The second kappa shape index (κ2) is 8.03. The van der Waals surface area contributed by atoms with E-state index in [1.807, 2.05) is 26.2 Å². The molecule has 0 aliphatic rings. The summed E-state index contributed by atoms with van der Waals surface area (Å²) in [6.45, 7) is 6.17. The van der Waals surface area contributed by atoms with E-state index in [1.165, 1.54) is 0 Å². The van der Waals surface area contributed by atoms with Crippen LogP contribution in [0.1, 0.15) is 31.9 Å². The molecule has 0 radical (unpaired) electrons. The molecule has 0 amide bonds. The van der Waals surface area contributed by atoms with Crippen molar-refractivity contribution in [3.8, 4) is 5.75 Å². The summed E-state index contributed by atoms with van der Waals surface area (Å²) >= 11 is 0. The lowest BCUT2D eigenvalue weighted by molar-refractivity contribution is 0.125. The van der Waals surface area contributed by atoms with Crippen molar-refractivity contribution in [2.75, 3.05) is 26.9 Å². The third kappa shape index (κ3) is 4.71. The molecule has 1 unspecified atom stereocenters. The van der Waals surface area contributed by atoms with Crippen LogP contribution < -0.4 is 10.1 Å². The van der Waals surface area contributed by atoms with Crippen molar-refractivity contribution in [3.05, 3.63) is 24.0 Å². The third-order valence-corrected chi connectivity index (χ3v) is 2.45. The van der Waals surface area contributed by atoms with Crippen LogP contribution >= 0.6 is 0 Å². The molecule has 0 aliphatic carbocycles. The number of nitrogens with one attached hydrogen (secondary N) is 1. The molecule has 0 bridgehead atoms. The maximum absolute atomic E-state index is 5.56. The standard InChI is InChI=1S/C13H22N2O2/c1-4-6-17-12-7-11(8-15-9-12)13(14-3)10-16-5-2/h7-9,13-14H,4-6,10H2,1-3H3. The van der Waals surface area contributed by atoms with Gasteiger partial charge >= 0.3 is 0 Å². The van der Waals surface area contributed by atoms with E-state index in [2.05, 4.69) is 17.2 Å². The van der Waals surface area contributed by atoms with Gasteiger partial charge in [0.2, 0.25) is 0 Å². The van der Waals surface area contributed by atoms with Gasteiger partial charge in [0.25, 0.3) is 0 Å². The van der Waals surface area contributed by atoms with Crippen molar-refractivity contribution in [2.45, 2.75) is 26.3 Å².